The highest BCUT2D eigenvalue weighted by atomic mass is 16.2. The Morgan fingerprint density at radius 3 is 3.15 bits per heavy atom. The third-order valence-corrected chi connectivity index (χ3v) is 2.50. The van der Waals surface area contributed by atoms with E-state index in [-0.39, 0.29) is 5.91 Å². The van der Waals surface area contributed by atoms with Crippen molar-refractivity contribution in [1.82, 2.24) is 0 Å². The van der Waals surface area contributed by atoms with E-state index >= 15 is 0 Å². The van der Waals surface area contributed by atoms with Crippen LogP contribution in [0.25, 0.3) is 0 Å². The molecule has 2 rings (SSSR count). The fourth-order valence-electron chi connectivity index (χ4n) is 1.72. The van der Waals surface area contributed by atoms with E-state index < -0.39 is 0 Å². The SMILES string of the molecule is CN1C(=O)CCCc2c[c]ccc21. The largest absolute Gasteiger partial charge is 0.315 e. The summed E-state index contributed by atoms with van der Waals surface area (Å²) in [4.78, 5) is 13.2. The predicted molar refractivity (Wildman–Crippen MR) is 51.6 cm³/mol. The first-order valence-electron chi connectivity index (χ1n) is 4.54. The van der Waals surface area contributed by atoms with Crippen LogP contribution in [0.4, 0.5) is 5.69 Å². The molecule has 0 unspecified atom stereocenters. The quantitative estimate of drug-likeness (QED) is 0.587. The maximum atomic E-state index is 11.5. The molecule has 1 radical (unpaired) electrons. The van der Waals surface area contributed by atoms with Crippen molar-refractivity contribution in [3.8, 4) is 0 Å². The lowest BCUT2D eigenvalue weighted by molar-refractivity contribution is -0.118. The summed E-state index contributed by atoms with van der Waals surface area (Å²) in [6, 6.07) is 8.83. The Hall–Kier alpha value is -1.31. The molecule has 2 nitrogen and oxygen atoms in total. The molecule has 67 valence electrons. The molecule has 1 amide bonds. The predicted octanol–water partition coefficient (Wildman–Crippen LogP) is 1.79. The Bertz CT molecular complexity index is 333. The summed E-state index contributed by atoms with van der Waals surface area (Å²) in [5, 5.41) is 0. The molecule has 0 bridgehead atoms. The third kappa shape index (κ3) is 1.44. The number of hydrogen-bond donors (Lipinski definition) is 0. The lowest BCUT2D eigenvalue weighted by Crippen LogP contribution is -2.24. The monoisotopic (exact) mass is 174 g/mol. The molecule has 0 saturated heterocycles. The van der Waals surface area contributed by atoms with Crippen LogP contribution in [0.5, 0.6) is 0 Å². The maximum absolute atomic E-state index is 11.5. The Labute approximate surface area is 78.2 Å². The first-order valence-corrected chi connectivity index (χ1v) is 4.54. The fraction of sp³-hybridized carbons (Fsp3) is 0.364. The lowest BCUT2D eigenvalue weighted by atomic mass is 10.1. The van der Waals surface area contributed by atoms with Crippen LogP contribution < -0.4 is 4.90 Å². The van der Waals surface area contributed by atoms with Crippen LogP contribution in [0.15, 0.2) is 18.2 Å². The Morgan fingerprint density at radius 2 is 2.31 bits per heavy atom. The van der Waals surface area contributed by atoms with Crippen LogP contribution in [0.1, 0.15) is 18.4 Å². The summed E-state index contributed by atoms with van der Waals surface area (Å²) in [5.74, 6) is 0.213. The van der Waals surface area contributed by atoms with Gasteiger partial charge in [0.05, 0.1) is 0 Å². The zero-order valence-electron chi connectivity index (χ0n) is 7.71. The molecule has 1 aromatic rings. The van der Waals surface area contributed by atoms with E-state index in [0.717, 1.165) is 18.5 Å². The van der Waals surface area contributed by atoms with Crippen molar-refractivity contribution < 1.29 is 4.79 Å². The molecule has 0 N–H and O–H groups in total. The summed E-state index contributed by atoms with van der Waals surface area (Å²) in [6.45, 7) is 0. The first-order chi connectivity index (χ1) is 6.29. The minimum absolute atomic E-state index is 0.213. The standard InChI is InChI=1S/C11H12NO/c1-12-10-7-3-2-5-9(10)6-4-8-11(12)13/h3,5,7H,4,6,8H2,1H3. The van der Waals surface area contributed by atoms with Gasteiger partial charge in [0, 0.05) is 19.2 Å². The van der Waals surface area contributed by atoms with E-state index in [1.165, 1.54) is 5.56 Å². The van der Waals surface area contributed by atoms with Crippen LogP contribution in [-0.4, -0.2) is 13.0 Å². The van der Waals surface area contributed by atoms with Crippen LogP contribution in [0.3, 0.4) is 0 Å². The van der Waals surface area contributed by atoms with Crippen molar-refractivity contribution in [2.75, 3.05) is 11.9 Å². The Balaban J connectivity index is 2.46. The van der Waals surface area contributed by atoms with E-state index in [0.29, 0.717) is 6.42 Å². The number of amides is 1. The molecule has 1 aliphatic rings. The second-order valence-corrected chi connectivity index (χ2v) is 3.36. The number of anilines is 1. The van der Waals surface area contributed by atoms with Crippen LogP contribution in [-0.2, 0) is 11.2 Å². The van der Waals surface area contributed by atoms with Crippen LogP contribution >= 0.6 is 0 Å². The number of aryl methyl sites for hydroxylation is 1. The summed E-state index contributed by atoms with van der Waals surface area (Å²) >= 11 is 0. The van der Waals surface area contributed by atoms with Gasteiger partial charge in [-0.2, -0.15) is 0 Å². The number of rotatable bonds is 0. The number of benzene rings is 1. The zero-order valence-corrected chi connectivity index (χ0v) is 7.71. The van der Waals surface area contributed by atoms with Gasteiger partial charge in [-0.1, -0.05) is 6.07 Å². The van der Waals surface area contributed by atoms with Gasteiger partial charge in [0.15, 0.2) is 0 Å². The Kier molecular flexibility index (Phi) is 2.05. The second-order valence-electron chi connectivity index (χ2n) is 3.36. The van der Waals surface area contributed by atoms with E-state index in [1.807, 2.05) is 25.2 Å². The third-order valence-electron chi connectivity index (χ3n) is 2.50. The molecular weight excluding hydrogens is 162 g/mol. The molecule has 2 heteroatoms. The molecule has 0 fully saturated rings. The summed E-state index contributed by atoms with van der Waals surface area (Å²) < 4.78 is 0. The van der Waals surface area contributed by atoms with Gasteiger partial charge in [-0.3, -0.25) is 4.79 Å². The number of fused-ring (bicyclic) bond motifs is 1. The van der Waals surface area contributed by atoms with Crippen molar-refractivity contribution in [2.24, 2.45) is 0 Å². The molecule has 13 heavy (non-hydrogen) atoms. The van der Waals surface area contributed by atoms with E-state index in [4.69, 9.17) is 0 Å². The minimum atomic E-state index is 0.213. The molecule has 0 saturated carbocycles. The van der Waals surface area contributed by atoms with E-state index in [1.54, 1.807) is 4.90 Å². The molecule has 1 heterocycles. The van der Waals surface area contributed by atoms with E-state index in [9.17, 15) is 4.79 Å². The zero-order chi connectivity index (χ0) is 9.26. The normalized spacial score (nSPS) is 16.7. The average molecular weight is 174 g/mol. The smallest absolute Gasteiger partial charge is 0.226 e. The van der Waals surface area contributed by atoms with Gasteiger partial charge >= 0.3 is 0 Å². The molecule has 0 aromatic heterocycles. The van der Waals surface area contributed by atoms with Gasteiger partial charge < -0.3 is 4.90 Å². The molecule has 1 aliphatic heterocycles. The van der Waals surface area contributed by atoms with Crippen molar-refractivity contribution in [3.05, 3.63) is 29.8 Å². The highest BCUT2D eigenvalue weighted by Gasteiger charge is 2.17. The summed E-state index contributed by atoms with van der Waals surface area (Å²) in [6.07, 6.45) is 2.60. The highest BCUT2D eigenvalue weighted by molar-refractivity contribution is 5.94. The van der Waals surface area contributed by atoms with Gasteiger partial charge in [-0.25, -0.2) is 0 Å². The minimum Gasteiger partial charge on any atom is -0.315 e. The lowest BCUT2D eigenvalue weighted by Gasteiger charge is -2.16. The molecule has 0 aliphatic carbocycles. The molecule has 1 aromatic carbocycles. The van der Waals surface area contributed by atoms with Gasteiger partial charge in [-0.15, -0.1) is 0 Å². The number of carbonyl (C=O) groups is 1. The van der Waals surface area contributed by atoms with Gasteiger partial charge in [0.2, 0.25) is 5.91 Å². The van der Waals surface area contributed by atoms with Crippen LogP contribution in [0.2, 0.25) is 0 Å². The number of carbonyl (C=O) groups excluding carboxylic acids is 1. The first kappa shape index (κ1) is 8.30. The van der Waals surface area contributed by atoms with Crippen molar-refractivity contribution in [2.45, 2.75) is 19.3 Å². The fourth-order valence-corrected chi connectivity index (χ4v) is 1.72. The summed E-state index contributed by atoms with van der Waals surface area (Å²) in [5.41, 5.74) is 2.28. The van der Waals surface area contributed by atoms with Crippen molar-refractivity contribution in [1.29, 1.82) is 0 Å². The van der Waals surface area contributed by atoms with Crippen molar-refractivity contribution in [3.63, 3.8) is 0 Å². The molecular formula is C11H12NO. The topological polar surface area (TPSA) is 20.3 Å². The van der Waals surface area contributed by atoms with Crippen molar-refractivity contribution >= 4 is 11.6 Å². The second kappa shape index (κ2) is 3.21. The highest BCUT2D eigenvalue weighted by Crippen LogP contribution is 2.24. The Morgan fingerprint density at radius 1 is 1.46 bits per heavy atom. The average Bonchev–Trinajstić information content (AvgIpc) is 2.29. The maximum Gasteiger partial charge on any atom is 0.226 e. The summed E-state index contributed by atoms with van der Waals surface area (Å²) in [7, 11) is 1.84. The number of nitrogens with zero attached hydrogens (tertiary/aromatic N) is 1. The number of hydrogen-bond acceptors (Lipinski definition) is 1. The molecule has 0 spiro atoms. The van der Waals surface area contributed by atoms with Gasteiger partial charge in [-0.05, 0) is 36.6 Å². The molecule has 0 atom stereocenters. The van der Waals surface area contributed by atoms with Gasteiger partial charge in [0.1, 0.15) is 0 Å². The van der Waals surface area contributed by atoms with Crippen LogP contribution in [0, 0.1) is 6.07 Å². The van der Waals surface area contributed by atoms with Gasteiger partial charge in [0.25, 0.3) is 0 Å². The van der Waals surface area contributed by atoms with E-state index in [2.05, 4.69) is 6.07 Å².